The Labute approximate surface area is 81.9 Å². The van der Waals surface area contributed by atoms with Gasteiger partial charge in [-0.2, -0.15) is 0 Å². The molecule has 0 aromatic rings. The second-order valence-electron chi connectivity index (χ2n) is 3.14. The quantitative estimate of drug-likeness (QED) is 0.636. The molecule has 0 aliphatic carbocycles. The van der Waals surface area contributed by atoms with E-state index in [1.807, 2.05) is 6.92 Å². The van der Waals surface area contributed by atoms with Gasteiger partial charge in [0, 0.05) is 35.9 Å². The fourth-order valence-corrected chi connectivity index (χ4v) is 1.92. The third kappa shape index (κ3) is 5.76. The molecule has 0 aromatic carbocycles. The van der Waals surface area contributed by atoms with Crippen molar-refractivity contribution in [2.75, 3.05) is 19.1 Å². The zero-order chi connectivity index (χ0) is 10.4. The first-order chi connectivity index (χ1) is 5.97. The molecule has 0 heterocycles. The Bertz CT molecular complexity index is 197. The smallest absolute Gasteiger partial charge is 0.236 e. The van der Waals surface area contributed by atoms with Crippen LogP contribution in [0.25, 0.3) is 0 Å². The van der Waals surface area contributed by atoms with Crippen LogP contribution in [-0.4, -0.2) is 41.3 Å². The number of hydrogen-bond donors (Lipinski definition) is 2. The third-order valence-corrected chi connectivity index (χ3v) is 2.63. The normalized spacial score (nSPS) is 17.5. The predicted octanol–water partition coefficient (Wildman–Crippen LogP) is -0.522. The summed E-state index contributed by atoms with van der Waals surface area (Å²) in [7, 11) is 0.779. The molecule has 0 spiro atoms. The molecule has 0 saturated heterocycles. The fourth-order valence-electron chi connectivity index (χ4n) is 1.12. The molecule has 5 heteroatoms. The van der Waals surface area contributed by atoms with Crippen molar-refractivity contribution < 1.29 is 9.00 Å². The van der Waals surface area contributed by atoms with E-state index in [2.05, 4.69) is 10.6 Å². The van der Waals surface area contributed by atoms with E-state index in [1.165, 1.54) is 0 Å². The highest BCUT2D eigenvalue weighted by atomic mass is 32.2. The maximum Gasteiger partial charge on any atom is 0.236 e. The Morgan fingerprint density at radius 3 is 2.38 bits per heavy atom. The van der Waals surface area contributed by atoms with Crippen LogP contribution in [0.5, 0.6) is 0 Å². The van der Waals surface area contributed by atoms with Crippen LogP contribution < -0.4 is 10.6 Å². The van der Waals surface area contributed by atoms with Gasteiger partial charge in [0.25, 0.3) is 0 Å². The largest absolute Gasteiger partial charge is 0.358 e. The zero-order valence-electron chi connectivity index (χ0n) is 8.59. The van der Waals surface area contributed by atoms with Crippen LogP contribution in [0.15, 0.2) is 0 Å². The Hall–Kier alpha value is -0.420. The number of carbonyl (C=O) groups is 1. The molecule has 78 valence electrons. The average molecular weight is 206 g/mol. The summed E-state index contributed by atoms with van der Waals surface area (Å²) in [6, 6.07) is -0.137. The number of rotatable bonds is 5. The van der Waals surface area contributed by atoms with E-state index in [9.17, 15) is 9.00 Å². The summed E-state index contributed by atoms with van der Waals surface area (Å²) in [4.78, 5) is 11.1. The second kappa shape index (κ2) is 6.10. The first kappa shape index (κ1) is 12.6. The summed E-state index contributed by atoms with van der Waals surface area (Å²) in [5.74, 6) is 0.523. The van der Waals surface area contributed by atoms with Crippen molar-refractivity contribution in [3.05, 3.63) is 0 Å². The Morgan fingerprint density at radius 2 is 2.00 bits per heavy atom. The van der Waals surface area contributed by atoms with Crippen LogP contribution >= 0.6 is 0 Å². The van der Waals surface area contributed by atoms with Crippen molar-refractivity contribution in [1.82, 2.24) is 10.6 Å². The lowest BCUT2D eigenvalue weighted by Crippen LogP contribution is -2.46. The van der Waals surface area contributed by atoms with Gasteiger partial charge in [-0.1, -0.05) is 0 Å². The van der Waals surface area contributed by atoms with Crippen molar-refractivity contribution in [1.29, 1.82) is 0 Å². The lowest BCUT2D eigenvalue weighted by Gasteiger charge is -2.17. The number of hydrogen-bond acceptors (Lipinski definition) is 3. The van der Waals surface area contributed by atoms with Crippen molar-refractivity contribution in [2.24, 2.45) is 0 Å². The Kier molecular flexibility index (Phi) is 5.90. The van der Waals surface area contributed by atoms with Crippen molar-refractivity contribution in [3.63, 3.8) is 0 Å². The molecule has 2 N–H and O–H groups in total. The van der Waals surface area contributed by atoms with Crippen LogP contribution in [0.1, 0.15) is 13.8 Å². The third-order valence-electron chi connectivity index (χ3n) is 1.66. The van der Waals surface area contributed by atoms with Crippen LogP contribution in [0, 0.1) is 0 Å². The van der Waals surface area contributed by atoms with Gasteiger partial charge in [-0.15, -0.1) is 0 Å². The summed E-state index contributed by atoms with van der Waals surface area (Å²) in [5.41, 5.74) is 0. The molecule has 0 rings (SSSR count). The molecule has 3 unspecified atom stereocenters. The molecule has 13 heavy (non-hydrogen) atoms. The van der Waals surface area contributed by atoms with Gasteiger partial charge in [0.05, 0.1) is 6.04 Å². The summed E-state index contributed by atoms with van der Waals surface area (Å²) >= 11 is 0. The van der Waals surface area contributed by atoms with Gasteiger partial charge in [-0.3, -0.25) is 9.00 Å². The van der Waals surface area contributed by atoms with Crippen LogP contribution in [-0.2, 0) is 15.6 Å². The Balaban J connectivity index is 3.83. The first-order valence-electron chi connectivity index (χ1n) is 4.25. The molecule has 0 fully saturated rings. The van der Waals surface area contributed by atoms with Gasteiger partial charge in [0.2, 0.25) is 5.91 Å². The minimum absolute atomic E-state index is 0.0475. The van der Waals surface area contributed by atoms with Gasteiger partial charge >= 0.3 is 0 Å². The number of carbonyl (C=O) groups excluding carboxylic acids is 1. The summed E-state index contributed by atoms with van der Waals surface area (Å²) in [6.07, 6.45) is 1.66. The molecule has 0 aliphatic heterocycles. The second-order valence-corrected chi connectivity index (χ2v) is 4.62. The highest BCUT2D eigenvalue weighted by Gasteiger charge is 2.13. The van der Waals surface area contributed by atoms with Crippen LogP contribution in [0.3, 0.4) is 0 Å². The fraction of sp³-hybridized carbons (Fsp3) is 0.875. The molecule has 3 atom stereocenters. The Morgan fingerprint density at radius 1 is 1.46 bits per heavy atom. The van der Waals surface area contributed by atoms with E-state index < -0.39 is 10.8 Å². The maximum absolute atomic E-state index is 11.1. The van der Waals surface area contributed by atoms with E-state index in [-0.39, 0.29) is 18.0 Å². The van der Waals surface area contributed by atoms with Crippen molar-refractivity contribution >= 4 is 16.7 Å². The number of likely N-dealkylation sites (N-methyl/N-ethyl adjacent to an activating group) is 1. The summed E-state index contributed by atoms with van der Waals surface area (Å²) < 4.78 is 10.8. The average Bonchev–Trinajstić information content (AvgIpc) is 2.01. The minimum atomic E-state index is -0.821. The van der Waals surface area contributed by atoms with Gasteiger partial charge in [0.1, 0.15) is 0 Å². The van der Waals surface area contributed by atoms with Gasteiger partial charge < -0.3 is 10.6 Å². The highest BCUT2D eigenvalue weighted by Crippen LogP contribution is 1.90. The molecule has 4 nitrogen and oxygen atoms in total. The highest BCUT2D eigenvalue weighted by molar-refractivity contribution is 7.84. The van der Waals surface area contributed by atoms with E-state index in [0.717, 1.165) is 0 Å². The topological polar surface area (TPSA) is 58.2 Å². The molecule has 0 radical (unpaired) electrons. The first-order valence-corrected chi connectivity index (χ1v) is 5.97. The molecular formula is C8H18N2O2S. The molecule has 0 aromatic heterocycles. The van der Waals surface area contributed by atoms with E-state index in [4.69, 9.17) is 0 Å². The van der Waals surface area contributed by atoms with Crippen molar-refractivity contribution in [2.45, 2.75) is 25.9 Å². The SMILES string of the molecule is CNC(=O)C(C)NC(C)CS(C)=O. The molecule has 0 bridgehead atoms. The van der Waals surface area contributed by atoms with Gasteiger partial charge in [-0.05, 0) is 13.8 Å². The number of nitrogens with one attached hydrogen (secondary N) is 2. The van der Waals surface area contributed by atoms with E-state index >= 15 is 0 Å². The molecular weight excluding hydrogens is 188 g/mol. The predicted molar refractivity (Wildman–Crippen MR) is 55.1 cm³/mol. The molecule has 1 amide bonds. The number of amides is 1. The summed E-state index contributed by atoms with van der Waals surface area (Å²) in [6.45, 7) is 3.70. The van der Waals surface area contributed by atoms with Gasteiger partial charge in [-0.25, -0.2) is 0 Å². The lowest BCUT2D eigenvalue weighted by atomic mass is 10.2. The standard InChI is InChI=1S/C8H18N2O2S/c1-6(5-13(4)12)10-7(2)8(11)9-3/h6-7,10H,5H2,1-4H3,(H,9,11). The maximum atomic E-state index is 11.1. The zero-order valence-corrected chi connectivity index (χ0v) is 9.40. The van der Waals surface area contributed by atoms with Gasteiger partial charge in [0.15, 0.2) is 0 Å². The van der Waals surface area contributed by atoms with Crippen molar-refractivity contribution in [3.8, 4) is 0 Å². The van der Waals surface area contributed by atoms with E-state index in [1.54, 1.807) is 20.2 Å². The molecule has 0 aliphatic rings. The lowest BCUT2D eigenvalue weighted by molar-refractivity contribution is -0.122. The minimum Gasteiger partial charge on any atom is -0.358 e. The monoisotopic (exact) mass is 206 g/mol. The van der Waals surface area contributed by atoms with E-state index in [0.29, 0.717) is 5.75 Å². The summed E-state index contributed by atoms with van der Waals surface area (Å²) in [5, 5.41) is 5.60. The molecule has 0 saturated carbocycles. The van der Waals surface area contributed by atoms with Crippen LogP contribution in [0.2, 0.25) is 0 Å². The van der Waals surface area contributed by atoms with Crippen LogP contribution in [0.4, 0.5) is 0 Å².